The van der Waals surface area contributed by atoms with Gasteiger partial charge in [0.25, 0.3) is 0 Å². The van der Waals surface area contributed by atoms with E-state index in [0.29, 0.717) is 13.0 Å². The molecule has 10 heteroatoms. The molecule has 1 saturated heterocycles. The van der Waals surface area contributed by atoms with Crippen LogP contribution in [0.2, 0.25) is 0 Å². The Bertz CT molecular complexity index is 1300. The van der Waals surface area contributed by atoms with Crippen molar-refractivity contribution in [3.8, 4) is 22.0 Å². The monoisotopic (exact) mass is 576 g/mol. The highest BCUT2D eigenvalue weighted by Crippen LogP contribution is 2.38. The van der Waals surface area contributed by atoms with Crippen LogP contribution in [-0.2, 0) is 9.59 Å². The van der Waals surface area contributed by atoms with Gasteiger partial charge in [-0.2, -0.15) is 0 Å². The first kappa shape index (κ1) is 29.2. The molecule has 3 aromatic rings. The zero-order chi connectivity index (χ0) is 28.8. The molecule has 41 heavy (non-hydrogen) atoms. The van der Waals surface area contributed by atoms with Crippen LogP contribution in [0.3, 0.4) is 0 Å². The Hall–Kier alpha value is -3.34. The summed E-state index contributed by atoms with van der Waals surface area (Å²) in [6, 6.07) is 14.2. The lowest BCUT2D eigenvalue weighted by molar-refractivity contribution is -0.141. The third-order valence-corrected chi connectivity index (χ3v) is 9.30. The van der Waals surface area contributed by atoms with Crippen molar-refractivity contribution in [2.75, 3.05) is 18.9 Å². The zero-order valence-corrected chi connectivity index (χ0v) is 24.6. The third-order valence-electron chi connectivity index (χ3n) is 8.30. The second kappa shape index (κ2) is 13.5. The van der Waals surface area contributed by atoms with E-state index in [1.54, 1.807) is 25.1 Å². The van der Waals surface area contributed by atoms with E-state index in [4.69, 9.17) is 4.98 Å². The van der Waals surface area contributed by atoms with E-state index in [-0.39, 0.29) is 17.7 Å². The molecule has 2 aromatic heterocycles. The van der Waals surface area contributed by atoms with E-state index in [1.807, 2.05) is 48.5 Å². The van der Waals surface area contributed by atoms with Gasteiger partial charge in [-0.1, -0.05) is 67.0 Å². The predicted octanol–water partition coefficient (Wildman–Crippen LogP) is 4.27. The summed E-state index contributed by atoms with van der Waals surface area (Å²) in [5, 5.41) is 22.4. The van der Waals surface area contributed by atoms with Crippen LogP contribution in [0, 0.1) is 5.92 Å². The summed E-state index contributed by atoms with van der Waals surface area (Å²) >= 11 is 1.44. The van der Waals surface area contributed by atoms with Gasteiger partial charge in [0.05, 0.1) is 17.8 Å². The van der Waals surface area contributed by atoms with Gasteiger partial charge in [-0.3, -0.25) is 14.6 Å². The summed E-state index contributed by atoms with van der Waals surface area (Å²) in [6.07, 6.45) is 7.32. The molecule has 1 unspecified atom stereocenters. The zero-order valence-electron chi connectivity index (χ0n) is 23.8. The van der Waals surface area contributed by atoms with Crippen molar-refractivity contribution in [1.82, 2.24) is 25.5 Å². The van der Waals surface area contributed by atoms with Crippen molar-refractivity contribution in [1.29, 1.82) is 0 Å². The number of pyridine rings is 1. The SMILES string of the molecule is CN[C@@H](C)C(=O)N[C@H](C(=O)N1CCC[C@H]1C(O)Nc1sc(-c2ccccn2)nc1-c1ccccc1)C1CCCCC1. The Labute approximate surface area is 245 Å². The second-order valence-corrected chi connectivity index (χ2v) is 12.0. The smallest absolute Gasteiger partial charge is 0.245 e. The molecule has 0 spiro atoms. The molecule has 4 N–H and O–H groups in total. The summed E-state index contributed by atoms with van der Waals surface area (Å²) in [7, 11) is 1.74. The normalized spacial score (nSPS) is 19.9. The largest absolute Gasteiger partial charge is 0.372 e. The van der Waals surface area contributed by atoms with Gasteiger partial charge < -0.3 is 26.0 Å². The number of likely N-dealkylation sites (N-methyl/N-ethyl adjacent to an activating group) is 1. The number of anilines is 1. The van der Waals surface area contributed by atoms with Crippen molar-refractivity contribution >= 4 is 28.2 Å². The molecule has 9 nitrogen and oxygen atoms in total. The number of benzene rings is 1. The molecule has 1 saturated carbocycles. The van der Waals surface area contributed by atoms with Gasteiger partial charge in [0.15, 0.2) is 0 Å². The lowest BCUT2D eigenvalue weighted by Crippen LogP contribution is -2.58. The molecular weight excluding hydrogens is 536 g/mol. The summed E-state index contributed by atoms with van der Waals surface area (Å²) in [4.78, 5) is 38.1. The number of thiazole rings is 1. The van der Waals surface area contributed by atoms with Crippen molar-refractivity contribution in [3.63, 3.8) is 0 Å². The molecule has 4 atom stereocenters. The summed E-state index contributed by atoms with van der Waals surface area (Å²) in [5.41, 5.74) is 2.43. The third kappa shape index (κ3) is 6.77. The highest BCUT2D eigenvalue weighted by atomic mass is 32.1. The number of rotatable bonds is 10. The minimum Gasteiger partial charge on any atom is -0.372 e. The first-order valence-corrected chi connectivity index (χ1v) is 15.5. The minimum absolute atomic E-state index is 0.0985. The second-order valence-electron chi connectivity index (χ2n) is 11.0. The molecule has 1 aliphatic heterocycles. The molecule has 2 amide bonds. The van der Waals surface area contributed by atoms with Crippen molar-refractivity contribution in [3.05, 3.63) is 54.7 Å². The van der Waals surface area contributed by atoms with Gasteiger partial charge >= 0.3 is 0 Å². The standard InChI is InChI=1S/C31H40N6O3S/c1-20(32-2)27(38)34-26(22-14-7-4-8-15-22)31(40)37-19-11-17-24(37)28(39)36-30-25(21-12-5-3-6-13-21)35-29(41-30)23-16-9-10-18-33-23/h3,5-6,9-10,12-13,16,18,20,22,24,26,28,32,36,39H,4,7-8,11,14-15,17,19H2,1-2H3,(H,34,38)/t20-,24-,26-,28?/m0/s1. The molecule has 218 valence electrons. The van der Waals surface area contributed by atoms with Gasteiger partial charge in [0.2, 0.25) is 11.8 Å². The van der Waals surface area contributed by atoms with E-state index in [0.717, 1.165) is 65.5 Å². The minimum atomic E-state index is -1.00. The van der Waals surface area contributed by atoms with Crippen molar-refractivity contribution in [2.24, 2.45) is 5.92 Å². The van der Waals surface area contributed by atoms with Crippen molar-refractivity contribution in [2.45, 2.75) is 76.2 Å². The lowest BCUT2D eigenvalue weighted by Gasteiger charge is -2.36. The van der Waals surface area contributed by atoms with E-state index in [2.05, 4.69) is 20.9 Å². The average Bonchev–Trinajstić information content (AvgIpc) is 3.68. The Kier molecular flexibility index (Phi) is 9.64. The number of aliphatic hydroxyl groups is 1. The number of likely N-dealkylation sites (tertiary alicyclic amines) is 1. The van der Waals surface area contributed by atoms with Crippen LogP contribution in [0.5, 0.6) is 0 Å². The molecule has 0 radical (unpaired) electrons. The van der Waals surface area contributed by atoms with Gasteiger partial charge in [-0.05, 0) is 57.7 Å². The van der Waals surface area contributed by atoms with Crippen LogP contribution >= 0.6 is 11.3 Å². The maximum atomic E-state index is 14.1. The average molecular weight is 577 g/mol. The molecule has 0 bridgehead atoms. The fraction of sp³-hybridized carbons (Fsp3) is 0.484. The molecule has 5 rings (SSSR count). The number of aromatic nitrogens is 2. The molecule has 2 fully saturated rings. The fourth-order valence-electron chi connectivity index (χ4n) is 5.87. The molecular formula is C31H40N6O3S. The van der Waals surface area contributed by atoms with Gasteiger partial charge in [-0.25, -0.2) is 4.98 Å². The Morgan fingerprint density at radius 3 is 2.49 bits per heavy atom. The number of hydrogen-bond donors (Lipinski definition) is 4. The van der Waals surface area contributed by atoms with E-state index in [1.165, 1.54) is 11.3 Å². The molecule has 3 heterocycles. The predicted molar refractivity (Wildman–Crippen MR) is 162 cm³/mol. The van der Waals surface area contributed by atoms with E-state index >= 15 is 0 Å². The molecule has 2 aliphatic rings. The maximum absolute atomic E-state index is 14.1. The van der Waals surface area contributed by atoms with Crippen LogP contribution in [-0.4, -0.2) is 69.7 Å². The lowest BCUT2D eigenvalue weighted by atomic mass is 9.83. The van der Waals surface area contributed by atoms with Crippen molar-refractivity contribution < 1.29 is 14.7 Å². The van der Waals surface area contributed by atoms with Crippen LogP contribution < -0.4 is 16.0 Å². The first-order valence-electron chi connectivity index (χ1n) is 14.7. The fourth-order valence-corrected chi connectivity index (χ4v) is 6.87. The highest BCUT2D eigenvalue weighted by molar-refractivity contribution is 7.19. The number of nitrogens with one attached hydrogen (secondary N) is 3. The Balaban J connectivity index is 1.38. The van der Waals surface area contributed by atoms with E-state index in [9.17, 15) is 14.7 Å². The first-order chi connectivity index (χ1) is 20.0. The summed E-state index contributed by atoms with van der Waals surface area (Å²) < 4.78 is 0. The van der Waals surface area contributed by atoms with Crippen LogP contribution in [0.4, 0.5) is 5.00 Å². The van der Waals surface area contributed by atoms with Crippen LogP contribution in [0.15, 0.2) is 54.7 Å². The number of carbonyl (C=O) groups is 2. The number of aliphatic hydroxyl groups excluding tert-OH is 1. The van der Waals surface area contributed by atoms with Gasteiger partial charge in [0, 0.05) is 18.3 Å². The Morgan fingerprint density at radius 2 is 1.78 bits per heavy atom. The summed E-state index contributed by atoms with van der Waals surface area (Å²) in [5.74, 6) is -0.175. The topological polar surface area (TPSA) is 119 Å². The number of nitrogens with zero attached hydrogens (tertiary/aromatic N) is 3. The van der Waals surface area contributed by atoms with E-state index < -0.39 is 24.4 Å². The quantitative estimate of drug-likeness (QED) is 0.266. The van der Waals surface area contributed by atoms with Crippen LogP contribution in [0.25, 0.3) is 22.0 Å². The van der Waals surface area contributed by atoms with Crippen LogP contribution in [0.1, 0.15) is 51.9 Å². The van der Waals surface area contributed by atoms with Gasteiger partial charge in [0.1, 0.15) is 28.0 Å². The Morgan fingerprint density at radius 1 is 1.02 bits per heavy atom. The highest BCUT2D eigenvalue weighted by Gasteiger charge is 2.41. The summed E-state index contributed by atoms with van der Waals surface area (Å²) in [6.45, 7) is 2.35. The number of amides is 2. The molecule has 1 aromatic carbocycles. The molecule has 1 aliphatic carbocycles. The number of carbonyl (C=O) groups excluding carboxylic acids is 2. The maximum Gasteiger partial charge on any atom is 0.245 e. The number of hydrogen-bond acceptors (Lipinski definition) is 8. The van der Waals surface area contributed by atoms with Gasteiger partial charge in [-0.15, -0.1) is 0 Å².